The molecule has 70 valence electrons. The van der Waals surface area contributed by atoms with Gasteiger partial charge in [0.2, 0.25) is 0 Å². The van der Waals surface area contributed by atoms with Crippen LogP contribution in [0.4, 0.5) is 0 Å². The van der Waals surface area contributed by atoms with Crippen molar-refractivity contribution in [3.8, 4) is 0 Å². The topological polar surface area (TPSA) is 38.3 Å². The molecule has 3 nitrogen and oxygen atoms in total. The maximum absolute atomic E-state index is 11.0. The van der Waals surface area contributed by atoms with Gasteiger partial charge in [0.05, 0.1) is 7.11 Å². The first-order valence-electron chi connectivity index (χ1n) is 4.52. The summed E-state index contributed by atoms with van der Waals surface area (Å²) in [4.78, 5) is 11.0. The van der Waals surface area contributed by atoms with Gasteiger partial charge in [-0.1, -0.05) is 6.42 Å². The number of methoxy groups -OCH3 is 1. The van der Waals surface area contributed by atoms with Crippen LogP contribution in [0, 0.1) is 5.92 Å². The van der Waals surface area contributed by atoms with Crippen LogP contribution in [0.1, 0.15) is 25.7 Å². The summed E-state index contributed by atoms with van der Waals surface area (Å²) in [6, 6.07) is 0.518. The summed E-state index contributed by atoms with van der Waals surface area (Å²) < 4.78 is 4.64. The van der Waals surface area contributed by atoms with E-state index in [0.29, 0.717) is 18.4 Å². The number of hydrogen-bond donors (Lipinski definition) is 1. The molecule has 3 heteroatoms. The third kappa shape index (κ3) is 2.21. The van der Waals surface area contributed by atoms with Crippen molar-refractivity contribution < 1.29 is 9.53 Å². The van der Waals surface area contributed by atoms with E-state index in [1.54, 1.807) is 0 Å². The summed E-state index contributed by atoms with van der Waals surface area (Å²) in [5.74, 6) is 0.407. The van der Waals surface area contributed by atoms with Gasteiger partial charge in [0, 0.05) is 12.5 Å². The molecule has 0 aliphatic heterocycles. The van der Waals surface area contributed by atoms with E-state index in [1.165, 1.54) is 20.0 Å². The van der Waals surface area contributed by atoms with Crippen LogP contribution in [0.2, 0.25) is 0 Å². The average molecular weight is 171 g/mol. The first-order valence-corrected chi connectivity index (χ1v) is 4.52. The van der Waals surface area contributed by atoms with Gasteiger partial charge in [0.25, 0.3) is 0 Å². The van der Waals surface area contributed by atoms with Crippen LogP contribution in [0.25, 0.3) is 0 Å². The molecule has 0 heterocycles. The minimum absolute atomic E-state index is 0.0813. The highest BCUT2D eigenvalue weighted by molar-refractivity contribution is 5.69. The van der Waals surface area contributed by atoms with Crippen molar-refractivity contribution in [3.63, 3.8) is 0 Å². The van der Waals surface area contributed by atoms with Gasteiger partial charge in [0.15, 0.2) is 0 Å². The molecule has 0 aromatic carbocycles. The monoisotopic (exact) mass is 171 g/mol. The van der Waals surface area contributed by atoms with Crippen molar-refractivity contribution in [2.45, 2.75) is 31.7 Å². The second-order valence-corrected chi connectivity index (χ2v) is 3.37. The Morgan fingerprint density at radius 1 is 1.58 bits per heavy atom. The Morgan fingerprint density at radius 3 is 2.92 bits per heavy atom. The number of ether oxygens (including phenoxy) is 1. The first kappa shape index (κ1) is 9.52. The lowest BCUT2D eigenvalue weighted by Crippen LogP contribution is -2.30. The van der Waals surface area contributed by atoms with E-state index in [0.717, 1.165) is 6.42 Å². The Bertz CT molecular complexity index is 159. The normalized spacial score (nSPS) is 28.8. The fourth-order valence-electron chi connectivity index (χ4n) is 1.96. The highest BCUT2D eigenvalue weighted by Gasteiger charge is 2.27. The van der Waals surface area contributed by atoms with E-state index in [2.05, 4.69) is 10.1 Å². The van der Waals surface area contributed by atoms with Crippen LogP contribution < -0.4 is 5.32 Å². The number of esters is 1. The number of carbonyl (C=O) groups excluding carboxylic acids is 1. The predicted octanol–water partition coefficient (Wildman–Crippen LogP) is 0.938. The van der Waals surface area contributed by atoms with Crippen molar-refractivity contribution in [2.75, 3.05) is 14.2 Å². The molecule has 0 bridgehead atoms. The van der Waals surface area contributed by atoms with E-state index < -0.39 is 0 Å². The molecule has 1 aliphatic rings. The molecule has 0 spiro atoms. The van der Waals surface area contributed by atoms with Crippen LogP contribution >= 0.6 is 0 Å². The largest absolute Gasteiger partial charge is 0.469 e. The molecule has 0 unspecified atom stereocenters. The lowest BCUT2D eigenvalue weighted by molar-refractivity contribution is -0.141. The Kier molecular flexibility index (Phi) is 3.53. The number of hydrogen-bond acceptors (Lipinski definition) is 3. The number of rotatable bonds is 3. The quantitative estimate of drug-likeness (QED) is 0.642. The molecule has 1 saturated carbocycles. The standard InChI is InChI=1S/C9H17NO2/c1-10-8-5-3-4-7(8)6-9(11)12-2/h7-8,10H,3-6H2,1-2H3/t7-,8-/m1/s1. The van der Waals surface area contributed by atoms with Crippen LogP contribution in [0.3, 0.4) is 0 Å². The zero-order chi connectivity index (χ0) is 8.97. The summed E-state index contributed by atoms with van der Waals surface area (Å²) in [6.45, 7) is 0. The second kappa shape index (κ2) is 4.45. The van der Waals surface area contributed by atoms with E-state index in [-0.39, 0.29) is 5.97 Å². The molecule has 0 amide bonds. The van der Waals surface area contributed by atoms with E-state index in [1.807, 2.05) is 7.05 Å². The molecule has 1 N–H and O–H groups in total. The number of carbonyl (C=O) groups is 1. The van der Waals surface area contributed by atoms with E-state index >= 15 is 0 Å². The van der Waals surface area contributed by atoms with Crippen molar-refractivity contribution in [1.29, 1.82) is 0 Å². The van der Waals surface area contributed by atoms with Crippen molar-refractivity contribution in [3.05, 3.63) is 0 Å². The minimum Gasteiger partial charge on any atom is -0.469 e. The van der Waals surface area contributed by atoms with Gasteiger partial charge < -0.3 is 10.1 Å². The maximum Gasteiger partial charge on any atom is 0.305 e. The summed E-state index contributed by atoms with van der Waals surface area (Å²) in [7, 11) is 3.41. The molecule has 0 saturated heterocycles. The van der Waals surface area contributed by atoms with Gasteiger partial charge in [-0.05, 0) is 25.8 Å². The Labute approximate surface area is 73.5 Å². The zero-order valence-electron chi connectivity index (χ0n) is 7.80. The van der Waals surface area contributed by atoms with Gasteiger partial charge in [-0.2, -0.15) is 0 Å². The molecule has 1 fully saturated rings. The lowest BCUT2D eigenvalue weighted by Gasteiger charge is -2.17. The van der Waals surface area contributed by atoms with E-state index in [9.17, 15) is 4.79 Å². The molecular formula is C9H17NO2. The molecule has 0 radical (unpaired) electrons. The highest BCUT2D eigenvalue weighted by Crippen LogP contribution is 2.28. The average Bonchev–Trinajstić information content (AvgIpc) is 2.51. The fraction of sp³-hybridized carbons (Fsp3) is 0.889. The summed E-state index contributed by atoms with van der Waals surface area (Å²) >= 11 is 0. The first-order chi connectivity index (χ1) is 5.77. The fourth-order valence-corrected chi connectivity index (χ4v) is 1.96. The van der Waals surface area contributed by atoms with Crippen LogP contribution in [-0.4, -0.2) is 26.2 Å². The summed E-state index contributed by atoms with van der Waals surface area (Å²) in [5.41, 5.74) is 0. The molecule has 1 rings (SSSR count). The van der Waals surface area contributed by atoms with Crippen LogP contribution in [0.5, 0.6) is 0 Å². The molecule has 0 aromatic heterocycles. The Morgan fingerprint density at radius 2 is 2.33 bits per heavy atom. The van der Waals surface area contributed by atoms with Gasteiger partial charge in [0.1, 0.15) is 0 Å². The smallest absolute Gasteiger partial charge is 0.305 e. The van der Waals surface area contributed by atoms with Gasteiger partial charge in [-0.15, -0.1) is 0 Å². The van der Waals surface area contributed by atoms with Crippen molar-refractivity contribution >= 4 is 5.97 Å². The second-order valence-electron chi connectivity index (χ2n) is 3.37. The molecular weight excluding hydrogens is 154 g/mol. The maximum atomic E-state index is 11.0. The summed E-state index contributed by atoms with van der Waals surface area (Å²) in [5, 5.41) is 3.24. The number of nitrogens with one attached hydrogen (secondary N) is 1. The lowest BCUT2D eigenvalue weighted by atomic mass is 10.00. The summed E-state index contributed by atoms with van der Waals surface area (Å²) in [6.07, 6.45) is 4.15. The minimum atomic E-state index is -0.0813. The molecule has 0 aromatic rings. The third-order valence-corrected chi connectivity index (χ3v) is 2.69. The SMILES string of the molecule is CN[C@@H]1CCC[C@@H]1CC(=O)OC. The van der Waals surface area contributed by atoms with E-state index in [4.69, 9.17) is 0 Å². The third-order valence-electron chi connectivity index (χ3n) is 2.69. The molecule has 2 atom stereocenters. The zero-order valence-corrected chi connectivity index (χ0v) is 7.80. The van der Waals surface area contributed by atoms with Gasteiger partial charge in [-0.25, -0.2) is 0 Å². The Balaban J connectivity index is 2.35. The highest BCUT2D eigenvalue weighted by atomic mass is 16.5. The predicted molar refractivity (Wildman–Crippen MR) is 46.8 cm³/mol. The van der Waals surface area contributed by atoms with Crippen molar-refractivity contribution in [1.82, 2.24) is 5.32 Å². The molecule has 1 aliphatic carbocycles. The van der Waals surface area contributed by atoms with Gasteiger partial charge in [-0.3, -0.25) is 4.79 Å². The Hall–Kier alpha value is -0.570. The van der Waals surface area contributed by atoms with Crippen LogP contribution in [0.15, 0.2) is 0 Å². The van der Waals surface area contributed by atoms with Crippen molar-refractivity contribution in [2.24, 2.45) is 5.92 Å². The van der Waals surface area contributed by atoms with Crippen LogP contribution in [-0.2, 0) is 9.53 Å². The van der Waals surface area contributed by atoms with Gasteiger partial charge >= 0.3 is 5.97 Å². The molecule has 12 heavy (non-hydrogen) atoms.